The first-order chi connectivity index (χ1) is 8.65. The van der Waals surface area contributed by atoms with Gasteiger partial charge in [0.15, 0.2) is 0 Å². The standard InChI is InChI=1S/C15H15BrO2/c1-10-11(7-5-8-13(10)16)15(17)12-6-3-4-9-14(12)18-2/h3-9,15,17H,1-2H3. The van der Waals surface area contributed by atoms with Crippen LogP contribution in [0.15, 0.2) is 46.9 Å². The highest BCUT2D eigenvalue weighted by Crippen LogP contribution is 2.33. The quantitative estimate of drug-likeness (QED) is 0.933. The van der Waals surface area contributed by atoms with Crippen LogP contribution in [-0.2, 0) is 0 Å². The molecule has 2 aromatic rings. The number of ether oxygens (including phenoxy) is 1. The molecule has 1 atom stereocenters. The molecule has 0 amide bonds. The van der Waals surface area contributed by atoms with Gasteiger partial charge in [-0.25, -0.2) is 0 Å². The Hall–Kier alpha value is -1.32. The van der Waals surface area contributed by atoms with Crippen LogP contribution in [0.3, 0.4) is 0 Å². The van der Waals surface area contributed by atoms with E-state index >= 15 is 0 Å². The average Bonchev–Trinajstić information content (AvgIpc) is 2.41. The van der Waals surface area contributed by atoms with Crippen molar-refractivity contribution in [2.75, 3.05) is 7.11 Å². The Labute approximate surface area is 115 Å². The number of halogens is 1. The van der Waals surface area contributed by atoms with Crippen LogP contribution < -0.4 is 4.74 Å². The molecule has 0 aromatic heterocycles. The van der Waals surface area contributed by atoms with Crippen molar-refractivity contribution in [3.63, 3.8) is 0 Å². The van der Waals surface area contributed by atoms with Crippen molar-refractivity contribution in [1.82, 2.24) is 0 Å². The maximum Gasteiger partial charge on any atom is 0.125 e. The van der Waals surface area contributed by atoms with Gasteiger partial charge in [0.05, 0.1) is 7.11 Å². The van der Waals surface area contributed by atoms with Gasteiger partial charge in [-0.05, 0) is 30.2 Å². The van der Waals surface area contributed by atoms with Gasteiger partial charge in [-0.2, -0.15) is 0 Å². The lowest BCUT2D eigenvalue weighted by Crippen LogP contribution is -2.04. The zero-order chi connectivity index (χ0) is 13.1. The Morgan fingerprint density at radius 1 is 1.06 bits per heavy atom. The number of aliphatic hydroxyl groups is 1. The van der Waals surface area contributed by atoms with Crippen LogP contribution in [0, 0.1) is 6.92 Å². The van der Waals surface area contributed by atoms with Crippen LogP contribution in [0.4, 0.5) is 0 Å². The molecular weight excluding hydrogens is 292 g/mol. The van der Waals surface area contributed by atoms with Gasteiger partial charge in [0.2, 0.25) is 0 Å². The summed E-state index contributed by atoms with van der Waals surface area (Å²) in [4.78, 5) is 0. The molecule has 0 heterocycles. The molecule has 2 rings (SSSR count). The van der Waals surface area contributed by atoms with E-state index in [0.717, 1.165) is 21.2 Å². The van der Waals surface area contributed by atoms with Crippen LogP contribution in [-0.4, -0.2) is 12.2 Å². The molecule has 0 aliphatic carbocycles. The van der Waals surface area contributed by atoms with Gasteiger partial charge in [-0.1, -0.05) is 46.3 Å². The highest BCUT2D eigenvalue weighted by molar-refractivity contribution is 9.10. The fraction of sp³-hybridized carbons (Fsp3) is 0.200. The third-order valence-electron chi connectivity index (χ3n) is 3.04. The lowest BCUT2D eigenvalue weighted by atomic mass is 9.97. The Bertz CT molecular complexity index is 552. The van der Waals surface area contributed by atoms with Gasteiger partial charge in [-0.3, -0.25) is 0 Å². The molecule has 0 fully saturated rings. The smallest absolute Gasteiger partial charge is 0.125 e. The maximum atomic E-state index is 10.5. The third kappa shape index (κ3) is 2.42. The van der Waals surface area contributed by atoms with E-state index in [1.165, 1.54) is 0 Å². The molecule has 0 aliphatic heterocycles. The molecule has 94 valence electrons. The van der Waals surface area contributed by atoms with Crippen molar-refractivity contribution in [2.45, 2.75) is 13.0 Å². The van der Waals surface area contributed by atoms with Crippen LogP contribution >= 0.6 is 15.9 Å². The molecule has 0 saturated carbocycles. The van der Waals surface area contributed by atoms with Crippen LogP contribution in [0.25, 0.3) is 0 Å². The second kappa shape index (κ2) is 5.55. The van der Waals surface area contributed by atoms with Crippen LogP contribution in [0.2, 0.25) is 0 Å². The summed E-state index contributed by atoms with van der Waals surface area (Å²) >= 11 is 3.48. The minimum Gasteiger partial charge on any atom is -0.496 e. The number of rotatable bonds is 3. The van der Waals surface area contributed by atoms with E-state index in [2.05, 4.69) is 15.9 Å². The van der Waals surface area contributed by atoms with Crippen molar-refractivity contribution < 1.29 is 9.84 Å². The third-order valence-corrected chi connectivity index (χ3v) is 3.90. The maximum absolute atomic E-state index is 10.5. The van der Waals surface area contributed by atoms with Gasteiger partial charge in [0.25, 0.3) is 0 Å². The van der Waals surface area contributed by atoms with Gasteiger partial charge < -0.3 is 9.84 Å². The molecule has 1 N–H and O–H groups in total. The Kier molecular flexibility index (Phi) is 4.04. The highest BCUT2D eigenvalue weighted by atomic mass is 79.9. The monoisotopic (exact) mass is 306 g/mol. The summed E-state index contributed by atoms with van der Waals surface area (Å²) in [6, 6.07) is 13.3. The summed E-state index contributed by atoms with van der Waals surface area (Å²) in [6.07, 6.45) is -0.682. The summed E-state index contributed by atoms with van der Waals surface area (Å²) in [7, 11) is 1.61. The van der Waals surface area contributed by atoms with E-state index in [-0.39, 0.29) is 0 Å². The first-order valence-corrected chi connectivity index (χ1v) is 6.50. The summed E-state index contributed by atoms with van der Waals surface area (Å²) in [5.41, 5.74) is 2.70. The molecule has 0 saturated heterocycles. The minimum atomic E-state index is -0.682. The van der Waals surface area contributed by atoms with Gasteiger partial charge >= 0.3 is 0 Å². The van der Waals surface area contributed by atoms with Gasteiger partial charge in [-0.15, -0.1) is 0 Å². The summed E-state index contributed by atoms with van der Waals surface area (Å²) in [6.45, 7) is 1.98. The number of hydrogen-bond acceptors (Lipinski definition) is 2. The fourth-order valence-electron chi connectivity index (χ4n) is 1.98. The lowest BCUT2D eigenvalue weighted by molar-refractivity contribution is 0.214. The molecule has 1 unspecified atom stereocenters. The molecule has 2 nitrogen and oxygen atoms in total. The van der Waals surface area contributed by atoms with Crippen molar-refractivity contribution in [3.05, 3.63) is 63.6 Å². The van der Waals surface area contributed by atoms with Crippen molar-refractivity contribution >= 4 is 15.9 Å². The lowest BCUT2D eigenvalue weighted by Gasteiger charge is -2.17. The Morgan fingerprint density at radius 2 is 1.72 bits per heavy atom. The number of benzene rings is 2. The normalized spacial score (nSPS) is 12.2. The number of hydrogen-bond donors (Lipinski definition) is 1. The molecule has 2 aromatic carbocycles. The predicted octanol–water partition coefficient (Wildman–Crippen LogP) is 3.85. The summed E-state index contributed by atoms with van der Waals surface area (Å²) < 4.78 is 6.28. The topological polar surface area (TPSA) is 29.5 Å². The molecule has 0 aliphatic rings. The largest absolute Gasteiger partial charge is 0.496 e. The Morgan fingerprint density at radius 3 is 2.44 bits per heavy atom. The van der Waals surface area contributed by atoms with E-state index in [4.69, 9.17) is 4.74 Å². The molecule has 3 heteroatoms. The Balaban J connectivity index is 2.48. The number of aliphatic hydroxyl groups excluding tert-OH is 1. The molecule has 0 radical (unpaired) electrons. The van der Waals surface area contributed by atoms with E-state index in [1.807, 2.05) is 49.4 Å². The molecule has 0 bridgehead atoms. The van der Waals surface area contributed by atoms with Gasteiger partial charge in [0, 0.05) is 10.0 Å². The average molecular weight is 307 g/mol. The second-order valence-corrected chi connectivity index (χ2v) is 4.95. The summed E-state index contributed by atoms with van der Waals surface area (Å²) in [5.74, 6) is 0.698. The van der Waals surface area contributed by atoms with Gasteiger partial charge in [0.1, 0.15) is 11.9 Å². The molecular formula is C15H15BrO2. The minimum absolute atomic E-state index is 0.682. The number of methoxy groups -OCH3 is 1. The fourth-order valence-corrected chi connectivity index (χ4v) is 2.36. The number of para-hydroxylation sites is 1. The van der Waals surface area contributed by atoms with E-state index in [1.54, 1.807) is 7.11 Å². The zero-order valence-corrected chi connectivity index (χ0v) is 11.9. The zero-order valence-electron chi connectivity index (χ0n) is 10.4. The van der Waals surface area contributed by atoms with Crippen LogP contribution in [0.5, 0.6) is 5.75 Å². The van der Waals surface area contributed by atoms with Crippen molar-refractivity contribution in [3.8, 4) is 5.75 Å². The first-order valence-electron chi connectivity index (χ1n) is 5.71. The summed E-state index contributed by atoms with van der Waals surface area (Å²) in [5, 5.41) is 10.5. The second-order valence-electron chi connectivity index (χ2n) is 4.10. The molecule has 18 heavy (non-hydrogen) atoms. The SMILES string of the molecule is COc1ccccc1C(O)c1cccc(Br)c1C. The predicted molar refractivity (Wildman–Crippen MR) is 75.9 cm³/mol. The van der Waals surface area contributed by atoms with E-state index in [0.29, 0.717) is 5.75 Å². The van der Waals surface area contributed by atoms with Crippen LogP contribution in [0.1, 0.15) is 22.8 Å². The van der Waals surface area contributed by atoms with Crippen molar-refractivity contribution in [2.24, 2.45) is 0 Å². The van der Waals surface area contributed by atoms with E-state index in [9.17, 15) is 5.11 Å². The first kappa shape index (κ1) is 13.1. The highest BCUT2D eigenvalue weighted by Gasteiger charge is 2.17. The van der Waals surface area contributed by atoms with Crippen molar-refractivity contribution in [1.29, 1.82) is 0 Å². The molecule has 0 spiro atoms. The van der Waals surface area contributed by atoms with E-state index < -0.39 is 6.10 Å².